The second-order valence-corrected chi connectivity index (χ2v) is 3.79. The second kappa shape index (κ2) is 4.26. The van der Waals surface area contributed by atoms with Crippen LogP contribution in [0.15, 0.2) is 42.5 Å². The maximum absolute atomic E-state index is 9.56. The van der Waals surface area contributed by atoms with E-state index < -0.39 is 0 Å². The molecule has 0 saturated heterocycles. The van der Waals surface area contributed by atoms with Crippen molar-refractivity contribution in [3.63, 3.8) is 0 Å². The maximum atomic E-state index is 9.56. The van der Waals surface area contributed by atoms with Crippen LogP contribution in [0, 0.1) is 11.3 Å². The SMILES string of the molecule is N#Cc1ccc(-c2ccc(Cl)cc2)cc1O. The Morgan fingerprint density at radius 1 is 1.00 bits per heavy atom. The van der Waals surface area contributed by atoms with Gasteiger partial charge in [-0.25, -0.2) is 0 Å². The van der Waals surface area contributed by atoms with E-state index >= 15 is 0 Å². The molecule has 0 radical (unpaired) electrons. The van der Waals surface area contributed by atoms with Gasteiger partial charge in [0.15, 0.2) is 0 Å². The summed E-state index contributed by atoms with van der Waals surface area (Å²) in [5.41, 5.74) is 2.08. The molecule has 0 aromatic heterocycles. The van der Waals surface area contributed by atoms with Gasteiger partial charge >= 0.3 is 0 Å². The zero-order chi connectivity index (χ0) is 11.5. The summed E-state index contributed by atoms with van der Waals surface area (Å²) < 4.78 is 0. The molecule has 0 amide bonds. The third-order valence-electron chi connectivity index (χ3n) is 2.30. The van der Waals surface area contributed by atoms with Crippen LogP contribution in [0.2, 0.25) is 5.02 Å². The van der Waals surface area contributed by atoms with Crippen molar-refractivity contribution in [2.75, 3.05) is 0 Å². The van der Waals surface area contributed by atoms with Gasteiger partial charge in [0.1, 0.15) is 11.8 Å². The molecule has 0 fully saturated rings. The van der Waals surface area contributed by atoms with E-state index in [2.05, 4.69) is 0 Å². The number of phenolic OH excluding ortho intramolecular Hbond substituents is 1. The van der Waals surface area contributed by atoms with Crippen LogP contribution in [-0.2, 0) is 0 Å². The lowest BCUT2D eigenvalue weighted by Gasteiger charge is -2.03. The van der Waals surface area contributed by atoms with Gasteiger partial charge in [-0.15, -0.1) is 0 Å². The molecule has 0 heterocycles. The van der Waals surface area contributed by atoms with E-state index in [1.807, 2.05) is 18.2 Å². The molecule has 0 atom stereocenters. The summed E-state index contributed by atoms with van der Waals surface area (Å²) in [6, 6.07) is 14.2. The summed E-state index contributed by atoms with van der Waals surface area (Å²) in [4.78, 5) is 0. The van der Waals surface area contributed by atoms with E-state index in [9.17, 15) is 5.11 Å². The number of benzene rings is 2. The number of rotatable bonds is 1. The Morgan fingerprint density at radius 3 is 2.19 bits per heavy atom. The highest BCUT2D eigenvalue weighted by Gasteiger charge is 2.03. The number of hydrogen-bond donors (Lipinski definition) is 1. The summed E-state index contributed by atoms with van der Waals surface area (Å²) in [6.07, 6.45) is 0. The molecule has 1 N–H and O–H groups in total. The Balaban J connectivity index is 2.46. The average molecular weight is 230 g/mol. The fourth-order valence-electron chi connectivity index (χ4n) is 1.45. The first-order chi connectivity index (χ1) is 7.70. The minimum absolute atomic E-state index is 0.00468. The molecule has 0 aliphatic carbocycles. The minimum atomic E-state index is -0.00468. The molecule has 78 valence electrons. The van der Waals surface area contributed by atoms with Crippen LogP contribution in [0.5, 0.6) is 5.75 Å². The van der Waals surface area contributed by atoms with Gasteiger partial charge in [0.05, 0.1) is 5.56 Å². The third-order valence-corrected chi connectivity index (χ3v) is 2.55. The second-order valence-electron chi connectivity index (χ2n) is 3.35. The molecule has 0 saturated carbocycles. The maximum Gasteiger partial charge on any atom is 0.133 e. The molecular formula is C13H8ClNO. The Hall–Kier alpha value is -1.98. The first kappa shape index (κ1) is 10.5. The van der Waals surface area contributed by atoms with Crippen LogP contribution in [-0.4, -0.2) is 5.11 Å². The van der Waals surface area contributed by atoms with Gasteiger partial charge in [-0.3, -0.25) is 0 Å². The first-order valence-corrected chi connectivity index (χ1v) is 5.07. The minimum Gasteiger partial charge on any atom is -0.507 e. The van der Waals surface area contributed by atoms with Gasteiger partial charge < -0.3 is 5.11 Å². The lowest BCUT2D eigenvalue weighted by molar-refractivity contribution is 0.474. The van der Waals surface area contributed by atoms with Crippen molar-refractivity contribution in [3.05, 3.63) is 53.1 Å². The van der Waals surface area contributed by atoms with Crippen LogP contribution in [0.4, 0.5) is 0 Å². The summed E-state index contributed by atoms with van der Waals surface area (Å²) >= 11 is 5.79. The van der Waals surface area contributed by atoms with Crippen molar-refractivity contribution in [3.8, 4) is 22.9 Å². The number of phenols is 1. The number of nitriles is 1. The van der Waals surface area contributed by atoms with Crippen LogP contribution < -0.4 is 0 Å². The Morgan fingerprint density at radius 2 is 1.62 bits per heavy atom. The Kier molecular flexibility index (Phi) is 2.80. The third kappa shape index (κ3) is 2.00. The van der Waals surface area contributed by atoms with Gasteiger partial charge in [0.2, 0.25) is 0 Å². The molecule has 0 aliphatic rings. The van der Waals surface area contributed by atoms with Gasteiger partial charge in [-0.05, 0) is 35.4 Å². The smallest absolute Gasteiger partial charge is 0.133 e. The Labute approximate surface area is 98.3 Å². The Bertz CT molecular complexity index is 555. The van der Waals surface area contributed by atoms with Crippen molar-refractivity contribution in [1.29, 1.82) is 5.26 Å². The van der Waals surface area contributed by atoms with Gasteiger partial charge in [-0.1, -0.05) is 29.8 Å². The average Bonchev–Trinajstić information content (AvgIpc) is 2.30. The van der Waals surface area contributed by atoms with Gasteiger partial charge in [0, 0.05) is 5.02 Å². The van der Waals surface area contributed by atoms with Crippen LogP contribution in [0.25, 0.3) is 11.1 Å². The number of halogens is 1. The molecule has 2 aromatic carbocycles. The van der Waals surface area contributed by atoms with E-state index in [1.54, 1.807) is 30.3 Å². The van der Waals surface area contributed by atoms with Crippen molar-refractivity contribution < 1.29 is 5.11 Å². The number of aromatic hydroxyl groups is 1. The topological polar surface area (TPSA) is 44.0 Å². The van der Waals surface area contributed by atoms with E-state index in [4.69, 9.17) is 16.9 Å². The van der Waals surface area contributed by atoms with Crippen molar-refractivity contribution in [2.24, 2.45) is 0 Å². The van der Waals surface area contributed by atoms with Crippen LogP contribution in [0.1, 0.15) is 5.56 Å². The lowest BCUT2D eigenvalue weighted by Crippen LogP contribution is -1.80. The lowest BCUT2D eigenvalue weighted by atomic mass is 10.0. The highest BCUT2D eigenvalue weighted by molar-refractivity contribution is 6.30. The van der Waals surface area contributed by atoms with Crippen LogP contribution >= 0.6 is 11.6 Å². The molecule has 2 rings (SSSR count). The quantitative estimate of drug-likeness (QED) is 0.812. The highest BCUT2D eigenvalue weighted by Crippen LogP contribution is 2.26. The van der Waals surface area contributed by atoms with Crippen molar-refractivity contribution in [1.82, 2.24) is 0 Å². The number of hydrogen-bond acceptors (Lipinski definition) is 2. The predicted octanol–water partition coefficient (Wildman–Crippen LogP) is 3.58. The molecule has 3 heteroatoms. The van der Waals surface area contributed by atoms with E-state index in [0.29, 0.717) is 5.02 Å². The zero-order valence-corrected chi connectivity index (χ0v) is 9.07. The monoisotopic (exact) mass is 229 g/mol. The summed E-state index contributed by atoms with van der Waals surface area (Å²) in [7, 11) is 0. The standard InChI is InChI=1S/C13H8ClNO/c14-12-5-3-9(4-6-12)10-1-2-11(8-15)13(16)7-10/h1-7,16H. The fraction of sp³-hybridized carbons (Fsp3) is 0. The van der Waals surface area contributed by atoms with Gasteiger partial charge in [-0.2, -0.15) is 5.26 Å². The summed E-state index contributed by atoms with van der Waals surface area (Å²) in [6.45, 7) is 0. The predicted molar refractivity (Wildman–Crippen MR) is 63.3 cm³/mol. The van der Waals surface area contributed by atoms with Gasteiger partial charge in [0.25, 0.3) is 0 Å². The van der Waals surface area contributed by atoms with E-state index in [-0.39, 0.29) is 11.3 Å². The molecule has 0 spiro atoms. The van der Waals surface area contributed by atoms with Crippen molar-refractivity contribution in [2.45, 2.75) is 0 Å². The molecule has 2 aromatic rings. The van der Waals surface area contributed by atoms with Crippen molar-refractivity contribution >= 4 is 11.6 Å². The summed E-state index contributed by atoms with van der Waals surface area (Å²) in [5.74, 6) is -0.00468. The zero-order valence-electron chi connectivity index (χ0n) is 8.31. The molecular weight excluding hydrogens is 222 g/mol. The fourth-order valence-corrected chi connectivity index (χ4v) is 1.57. The molecule has 0 aliphatic heterocycles. The van der Waals surface area contributed by atoms with Crippen LogP contribution in [0.3, 0.4) is 0 Å². The normalized spacial score (nSPS) is 9.75. The first-order valence-electron chi connectivity index (χ1n) is 4.70. The molecule has 16 heavy (non-hydrogen) atoms. The van der Waals surface area contributed by atoms with E-state index in [0.717, 1.165) is 11.1 Å². The number of nitrogens with zero attached hydrogens (tertiary/aromatic N) is 1. The largest absolute Gasteiger partial charge is 0.507 e. The summed E-state index contributed by atoms with van der Waals surface area (Å²) in [5, 5.41) is 18.9. The highest BCUT2D eigenvalue weighted by atomic mass is 35.5. The molecule has 0 unspecified atom stereocenters. The van der Waals surface area contributed by atoms with E-state index in [1.165, 1.54) is 0 Å². The molecule has 2 nitrogen and oxygen atoms in total. The molecule has 0 bridgehead atoms.